The monoisotopic (exact) mass is 988 g/mol. The minimum absolute atomic E-state index is 0.322. The van der Waals surface area contributed by atoms with Gasteiger partial charge in [-0.2, -0.15) is 0 Å². The first-order chi connectivity index (χ1) is 36.9. The molecule has 2 unspecified atom stereocenters. The van der Waals surface area contributed by atoms with Crippen molar-refractivity contribution < 1.29 is 9.15 Å². The molecule has 5 heterocycles. The molecular weight excluding hydrogens is 918 g/mol. The van der Waals surface area contributed by atoms with Crippen LogP contribution in [0.5, 0.6) is 0 Å². The zero-order valence-electron chi connectivity index (χ0n) is 44.8. The summed E-state index contributed by atoms with van der Waals surface area (Å²) in [5.74, 6) is 2.66. The zero-order valence-corrected chi connectivity index (χ0v) is 44.8. The highest BCUT2D eigenvalue weighted by Gasteiger charge is 2.54. The summed E-state index contributed by atoms with van der Waals surface area (Å²) >= 11 is 0. The van der Waals surface area contributed by atoms with Crippen LogP contribution in [0.2, 0.25) is 0 Å². The van der Waals surface area contributed by atoms with Crippen LogP contribution in [0.4, 0.5) is 28.6 Å². The number of ether oxygens (including phenoxy) is 1. The summed E-state index contributed by atoms with van der Waals surface area (Å²) in [6, 6.07) is 59.1. The normalized spacial score (nSPS) is 15.2. The van der Waals surface area contributed by atoms with Crippen molar-refractivity contribution in [1.29, 1.82) is 0 Å². The third-order valence-electron chi connectivity index (χ3n) is 16.4. The van der Waals surface area contributed by atoms with Gasteiger partial charge in [0.2, 0.25) is 17.7 Å². The number of nitrogens with zero attached hydrogens (tertiary/aromatic N) is 5. The van der Waals surface area contributed by atoms with E-state index >= 15 is 0 Å². The van der Waals surface area contributed by atoms with E-state index in [-0.39, 0.29) is 12.9 Å². The average molecular weight is 988 g/mol. The molecule has 0 aliphatic carbocycles. The predicted octanol–water partition coefficient (Wildman–Crippen LogP) is 16.7. The fraction of sp³-hybridized carbons (Fsp3) is 0.299. The Hall–Kier alpha value is -7.45. The fourth-order valence-electron chi connectivity index (χ4n) is 12.3. The number of hydrogen-bond donors (Lipinski definition) is 0. The Morgan fingerprint density at radius 2 is 1.11 bits per heavy atom. The van der Waals surface area contributed by atoms with E-state index < -0.39 is 0 Å². The van der Waals surface area contributed by atoms with Gasteiger partial charge in [-0.15, -0.1) is 0 Å². The van der Waals surface area contributed by atoms with Crippen LogP contribution < -0.4 is 20.9 Å². The van der Waals surface area contributed by atoms with Crippen LogP contribution in [-0.2, 0) is 24.0 Å². The minimum atomic E-state index is -0.373. The lowest BCUT2D eigenvalue weighted by Crippen LogP contribution is -2.57. The molecule has 12 rings (SSSR count). The zero-order chi connectivity index (χ0) is 51.2. The van der Waals surface area contributed by atoms with Crippen molar-refractivity contribution in [3.63, 3.8) is 0 Å². The van der Waals surface area contributed by atoms with Gasteiger partial charge in [-0.25, -0.2) is 4.98 Å². The molecule has 0 bridgehead atoms. The molecule has 0 spiro atoms. The summed E-state index contributed by atoms with van der Waals surface area (Å²) in [7, 11) is 2.21. The van der Waals surface area contributed by atoms with Crippen LogP contribution >= 0.6 is 0 Å². The lowest BCUT2D eigenvalue weighted by atomic mass is 9.37. The molecular formula is C67H70BN5O2. The molecule has 8 heteroatoms. The summed E-state index contributed by atoms with van der Waals surface area (Å²) in [5, 5.41) is 2.44. The van der Waals surface area contributed by atoms with Crippen molar-refractivity contribution >= 4 is 68.2 Å². The van der Waals surface area contributed by atoms with E-state index in [0.717, 1.165) is 138 Å². The summed E-state index contributed by atoms with van der Waals surface area (Å²) in [4.78, 5) is 12.8. The van der Waals surface area contributed by atoms with Gasteiger partial charge in [0.1, 0.15) is 0 Å². The van der Waals surface area contributed by atoms with Crippen molar-refractivity contribution in [2.24, 2.45) is 0 Å². The summed E-state index contributed by atoms with van der Waals surface area (Å²) in [6.07, 6.45) is 13.2. The first kappa shape index (κ1) is 48.5. The Kier molecular flexibility index (Phi) is 13.4. The van der Waals surface area contributed by atoms with E-state index in [1.807, 2.05) is 0 Å². The SMILES string of the molecule is CCCCc1ccc(-c2nc3c(o2)N(c2ccc(C(CC)CCC)cc2)c2cc(-n4c5ccccc5c5ccccc54)cc4c2B3C2=C(OC(c3ccc(CCCC)cc3)N2C)N4c2ccc(CCCC)cc2)cc1. The van der Waals surface area contributed by atoms with E-state index in [1.165, 1.54) is 51.3 Å². The number of oxazole rings is 1. The molecule has 2 atom stereocenters. The molecule has 0 saturated carbocycles. The van der Waals surface area contributed by atoms with Crippen molar-refractivity contribution in [2.75, 3.05) is 16.8 Å². The van der Waals surface area contributed by atoms with Crippen molar-refractivity contribution in [3.8, 4) is 17.1 Å². The van der Waals surface area contributed by atoms with Gasteiger partial charge >= 0.3 is 6.71 Å². The van der Waals surface area contributed by atoms with E-state index in [1.54, 1.807) is 0 Å². The highest BCUT2D eigenvalue weighted by atomic mass is 16.5. The Balaban J connectivity index is 1.13. The highest BCUT2D eigenvalue weighted by Crippen LogP contribution is 2.51. The molecule has 2 aromatic heterocycles. The number of rotatable bonds is 18. The van der Waals surface area contributed by atoms with Gasteiger partial charge < -0.3 is 18.6 Å². The molecule has 0 saturated heterocycles. The molecule has 75 heavy (non-hydrogen) atoms. The van der Waals surface area contributed by atoms with E-state index in [4.69, 9.17) is 14.1 Å². The van der Waals surface area contributed by atoms with Gasteiger partial charge in [0, 0.05) is 51.7 Å². The molecule has 0 amide bonds. The number of aromatic nitrogens is 2. The molecule has 0 N–H and O–H groups in total. The summed E-state index contributed by atoms with van der Waals surface area (Å²) in [5.41, 5.74) is 18.2. The second-order valence-corrected chi connectivity index (χ2v) is 21.3. The lowest BCUT2D eigenvalue weighted by molar-refractivity contribution is 0.0547. The van der Waals surface area contributed by atoms with Crippen molar-refractivity contribution in [3.05, 3.63) is 197 Å². The third kappa shape index (κ3) is 8.60. The largest absolute Gasteiger partial charge is 0.450 e. The van der Waals surface area contributed by atoms with Gasteiger partial charge in [0.15, 0.2) is 6.23 Å². The Morgan fingerprint density at radius 1 is 0.573 bits per heavy atom. The molecule has 3 aliphatic heterocycles. The minimum Gasteiger partial charge on any atom is -0.450 e. The van der Waals surface area contributed by atoms with Gasteiger partial charge in [-0.3, -0.25) is 9.80 Å². The van der Waals surface area contributed by atoms with E-state index in [2.05, 4.69) is 219 Å². The topological polar surface area (TPSA) is 49.9 Å². The quantitative estimate of drug-likeness (QED) is 0.0799. The maximum Gasteiger partial charge on any atom is 0.304 e. The van der Waals surface area contributed by atoms with Gasteiger partial charge in [0.05, 0.1) is 27.9 Å². The number of benzene rings is 7. The van der Waals surface area contributed by atoms with Gasteiger partial charge in [0.25, 0.3) is 0 Å². The van der Waals surface area contributed by atoms with Crippen LogP contribution in [0.25, 0.3) is 38.9 Å². The first-order valence-electron chi connectivity index (χ1n) is 28.2. The van der Waals surface area contributed by atoms with E-state index in [0.29, 0.717) is 11.8 Å². The Labute approximate surface area is 444 Å². The second-order valence-electron chi connectivity index (χ2n) is 21.3. The number of fused-ring (bicyclic) bond motifs is 6. The van der Waals surface area contributed by atoms with Crippen LogP contribution in [0, 0.1) is 0 Å². The maximum absolute atomic E-state index is 7.55. The van der Waals surface area contributed by atoms with Gasteiger partial charge in [-0.1, -0.05) is 157 Å². The van der Waals surface area contributed by atoms with Crippen LogP contribution in [0.1, 0.15) is 132 Å². The molecule has 0 fully saturated rings. The third-order valence-corrected chi connectivity index (χ3v) is 16.4. The predicted molar refractivity (Wildman–Crippen MR) is 313 cm³/mol. The molecule has 3 aliphatic rings. The number of para-hydroxylation sites is 2. The molecule has 9 aromatic rings. The lowest BCUT2D eigenvalue weighted by Gasteiger charge is -2.41. The maximum atomic E-state index is 7.55. The standard InChI is InChI=1S/C67H70BN5O2/c1-7-12-20-45-27-33-50(34-28-45)64-69-62-66(74-64)72(53-41-37-49(38-42-53)48(11-5)19-10-4)59-43-54(71-57-25-17-15-23-55(57)56-24-16-18-26-58(56)71)44-60-61(59)68(62)63-67(73(60)52-39-31-47(32-40-52)22-14-9-3)75-65(70(63)6)51-35-29-46(30-36-51)21-13-8-2/h15-18,23-44,48,65H,7-14,19-22H2,1-6H3. The Bertz CT molecular complexity index is 3470. The molecule has 378 valence electrons. The summed E-state index contributed by atoms with van der Waals surface area (Å²) in [6.45, 7) is 11.1. The van der Waals surface area contributed by atoms with Crippen molar-refractivity contribution in [1.82, 2.24) is 14.5 Å². The first-order valence-corrected chi connectivity index (χ1v) is 28.2. The summed E-state index contributed by atoms with van der Waals surface area (Å²) < 4.78 is 17.4. The smallest absolute Gasteiger partial charge is 0.304 e. The van der Waals surface area contributed by atoms with Crippen LogP contribution in [-0.4, -0.2) is 28.2 Å². The molecule has 0 radical (unpaired) electrons. The number of hydrogen-bond acceptors (Lipinski definition) is 6. The number of aryl methyl sites for hydroxylation is 3. The second kappa shape index (κ2) is 20.7. The Morgan fingerprint density at radius 3 is 1.68 bits per heavy atom. The number of anilines is 5. The highest BCUT2D eigenvalue weighted by molar-refractivity contribution is 6.94. The average Bonchev–Trinajstić information content (AvgIpc) is 4.35. The fourth-order valence-corrected chi connectivity index (χ4v) is 12.3. The van der Waals surface area contributed by atoms with Gasteiger partial charge in [-0.05, 0) is 146 Å². The van der Waals surface area contributed by atoms with Crippen LogP contribution in [0.15, 0.2) is 174 Å². The van der Waals surface area contributed by atoms with E-state index in [9.17, 15) is 0 Å². The van der Waals surface area contributed by atoms with Crippen LogP contribution in [0.3, 0.4) is 0 Å². The van der Waals surface area contributed by atoms with Crippen molar-refractivity contribution in [2.45, 2.75) is 124 Å². The molecule has 7 aromatic carbocycles. The number of unbranched alkanes of at least 4 members (excludes halogenated alkanes) is 3. The molecule has 7 nitrogen and oxygen atoms in total.